The van der Waals surface area contributed by atoms with Gasteiger partial charge < -0.3 is 14.8 Å². The molecule has 0 bridgehead atoms. The Labute approximate surface area is 93.9 Å². The molecule has 0 unspecified atom stereocenters. The molecule has 0 atom stereocenters. The third-order valence-electron chi connectivity index (χ3n) is 2.45. The molecule has 1 aromatic heterocycles. The van der Waals surface area contributed by atoms with Gasteiger partial charge in [-0.15, -0.1) is 0 Å². The lowest BCUT2D eigenvalue weighted by molar-refractivity contribution is 0.373. The van der Waals surface area contributed by atoms with Crippen molar-refractivity contribution in [2.45, 2.75) is 13.3 Å². The number of H-pyrrole nitrogens is 1. The van der Waals surface area contributed by atoms with Crippen molar-refractivity contribution in [3.63, 3.8) is 0 Å². The van der Waals surface area contributed by atoms with Crippen LogP contribution >= 0.6 is 0 Å². The number of aromatic nitrogens is 2. The van der Waals surface area contributed by atoms with Gasteiger partial charge in [0.15, 0.2) is 11.5 Å². The fourth-order valence-electron chi connectivity index (χ4n) is 1.55. The molecule has 0 fully saturated rings. The predicted octanol–water partition coefficient (Wildman–Crippen LogP) is 2.35. The molecule has 4 heteroatoms. The van der Waals surface area contributed by atoms with E-state index in [0.717, 1.165) is 23.5 Å². The lowest BCUT2D eigenvalue weighted by Crippen LogP contribution is -1.85. The molecule has 1 aromatic carbocycles. The molecule has 2 N–H and O–H groups in total. The number of imidazole rings is 1. The predicted molar refractivity (Wildman–Crippen MR) is 61.6 cm³/mol. The average Bonchev–Trinajstić information content (AvgIpc) is 2.77. The second kappa shape index (κ2) is 4.26. The number of phenols is 1. The molecule has 4 nitrogen and oxygen atoms in total. The number of aromatic amines is 1. The topological polar surface area (TPSA) is 58.1 Å². The molecule has 0 spiro atoms. The van der Waals surface area contributed by atoms with Gasteiger partial charge in [0, 0.05) is 12.0 Å². The van der Waals surface area contributed by atoms with Crippen molar-refractivity contribution >= 4 is 0 Å². The number of nitrogens with zero attached hydrogens (tertiary/aromatic N) is 1. The van der Waals surface area contributed by atoms with E-state index in [1.807, 2.05) is 13.0 Å². The molecule has 2 aromatic rings. The molecular weight excluding hydrogens is 204 g/mol. The zero-order valence-electron chi connectivity index (χ0n) is 9.32. The third kappa shape index (κ3) is 1.86. The largest absolute Gasteiger partial charge is 0.504 e. The first-order valence-electron chi connectivity index (χ1n) is 5.16. The molecule has 0 saturated heterocycles. The smallest absolute Gasteiger partial charge is 0.160 e. The van der Waals surface area contributed by atoms with Crippen molar-refractivity contribution in [2.75, 3.05) is 7.11 Å². The molecule has 16 heavy (non-hydrogen) atoms. The lowest BCUT2D eigenvalue weighted by atomic mass is 10.1. The van der Waals surface area contributed by atoms with E-state index in [2.05, 4.69) is 9.97 Å². The van der Waals surface area contributed by atoms with Crippen molar-refractivity contribution in [3.8, 4) is 22.8 Å². The second-order valence-corrected chi connectivity index (χ2v) is 3.48. The molecule has 84 valence electrons. The van der Waals surface area contributed by atoms with Crippen LogP contribution in [0, 0.1) is 0 Å². The quantitative estimate of drug-likeness (QED) is 0.831. The lowest BCUT2D eigenvalue weighted by Gasteiger charge is -2.04. The SMILES string of the molecule is CCc1ncc(-c2ccc(OC)c(O)c2)[nH]1. The summed E-state index contributed by atoms with van der Waals surface area (Å²) < 4.78 is 4.99. The first-order chi connectivity index (χ1) is 7.74. The fourth-order valence-corrected chi connectivity index (χ4v) is 1.55. The van der Waals surface area contributed by atoms with Gasteiger partial charge in [0.2, 0.25) is 0 Å². The van der Waals surface area contributed by atoms with Gasteiger partial charge in [-0.2, -0.15) is 0 Å². The van der Waals surface area contributed by atoms with E-state index in [0.29, 0.717) is 5.75 Å². The van der Waals surface area contributed by atoms with Crippen LogP contribution in [0.4, 0.5) is 0 Å². The number of benzene rings is 1. The Morgan fingerprint density at radius 1 is 1.44 bits per heavy atom. The summed E-state index contributed by atoms with van der Waals surface area (Å²) in [4.78, 5) is 7.40. The number of hydrogen-bond donors (Lipinski definition) is 2. The van der Waals surface area contributed by atoms with Crippen LogP contribution in [0.5, 0.6) is 11.5 Å². The number of aromatic hydroxyl groups is 1. The number of hydrogen-bond acceptors (Lipinski definition) is 3. The maximum absolute atomic E-state index is 9.66. The van der Waals surface area contributed by atoms with Crippen molar-refractivity contribution in [2.24, 2.45) is 0 Å². The highest BCUT2D eigenvalue weighted by Crippen LogP contribution is 2.30. The number of ether oxygens (including phenoxy) is 1. The van der Waals surface area contributed by atoms with Crippen LogP contribution < -0.4 is 4.74 Å². The highest BCUT2D eigenvalue weighted by molar-refractivity contribution is 5.63. The Bertz CT molecular complexity index is 492. The summed E-state index contributed by atoms with van der Waals surface area (Å²) in [5, 5.41) is 9.66. The van der Waals surface area contributed by atoms with Gasteiger partial charge in [-0.05, 0) is 18.2 Å². The van der Waals surface area contributed by atoms with E-state index >= 15 is 0 Å². The maximum Gasteiger partial charge on any atom is 0.160 e. The molecule has 0 radical (unpaired) electrons. The monoisotopic (exact) mass is 218 g/mol. The minimum absolute atomic E-state index is 0.132. The van der Waals surface area contributed by atoms with Crippen molar-refractivity contribution < 1.29 is 9.84 Å². The van der Waals surface area contributed by atoms with E-state index in [1.54, 1.807) is 18.3 Å². The van der Waals surface area contributed by atoms with E-state index < -0.39 is 0 Å². The summed E-state index contributed by atoms with van der Waals surface area (Å²) >= 11 is 0. The summed E-state index contributed by atoms with van der Waals surface area (Å²) in [5.41, 5.74) is 1.79. The average molecular weight is 218 g/mol. The summed E-state index contributed by atoms with van der Waals surface area (Å²) in [7, 11) is 1.53. The summed E-state index contributed by atoms with van der Waals surface area (Å²) in [6.07, 6.45) is 2.63. The molecule has 0 amide bonds. The molecule has 0 aliphatic rings. The Balaban J connectivity index is 2.37. The molecule has 1 heterocycles. The van der Waals surface area contributed by atoms with Crippen LogP contribution in [0.15, 0.2) is 24.4 Å². The van der Waals surface area contributed by atoms with Gasteiger partial charge in [0.05, 0.1) is 19.0 Å². The minimum Gasteiger partial charge on any atom is -0.504 e. The first kappa shape index (κ1) is 10.5. The maximum atomic E-state index is 9.66. The van der Waals surface area contributed by atoms with Gasteiger partial charge in [-0.25, -0.2) is 4.98 Å². The highest BCUT2D eigenvalue weighted by atomic mass is 16.5. The first-order valence-corrected chi connectivity index (χ1v) is 5.16. The van der Waals surface area contributed by atoms with E-state index in [9.17, 15) is 5.11 Å². The summed E-state index contributed by atoms with van der Waals surface area (Å²) in [6, 6.07) is 5.27. The molecule has 0 aliphatic carbocycles. The highest BCUT2D eigenvalue weighted by Gasteiger charge is 2.06. The fraction of sp³-hybridized carbons (Fsp3) is 0.250. The zero-order valence-corrected chi connectivity index (χ0v) is 9.32. The van der Waals surface area contributed by atoms with Crippen LogP contribution in [0.2, 0.25) is 0 Å². The van der Waals surface area contributed by atoms with Crippen LogP contribution in [0.25, 0.3) is 11.3 Å². The molecule has 0 aliphatic heterocycles. The zero-order chi connectivity index (χ0) is 11.5. The van der Waals surface area contributed by atoms with Gasteiger partial charge in [0.1, 0.15) is 5.82 Å². The van der Waals surface area contributed by atoms with Crippen LogP contribution in [0.3, 0.4) is 0 Å². The van der Waals surface area contributed by atoms with Crippen LogP contribution in [-0.2, 0) is 6.42 Å². The normalized spacial score (nSPS) is 10.4. The number of phenolic OH excluding ortho intramolecular Hbond substituents is 1. The molecule has 0 saturated carbocycles. The summed E-state index contributed by atoms with van der Waals surface area (Å²) in [6.45, 7) is 2.04. The molecule has 2 rings (SSSR count). The second-order valence-electron chi connectivity index (χ2n) is 3.48. The van der Waals surface area contributed by atoms with Crippen LogP contribution in [-0.4, -0.2) is 22.2 Å². The van der Waals surface area contributed by atoms with E-state index in [1.165, 1.54) is 7.11 Å². The van der Waals surface area contributed by atoms with Crippen molar-refractivity contribution in [1.29, 1.82) is 0 Å². The van der Waals surface area contributed by atoms with E-state index in [-0.39, 0.29) is 5.75 Å². The van der Waals surface area contributed by atoms with Crippen molar-refractivity contribution in [1.82, 2.24) is 9.97 Å². The minimum atomic E-state index is 0.132. The third-order valence-corrected chi connectivity index (χ3v) is 2.45. The molecular formula is C12H14N2O2. The number of nitrogens with one attached hydrogen (secondary N) is 1. The Morgan fingerprint density at radius 3 is 2.81 bits per heavy atom. The van der Waals surface area contributed by atoms with Gasteiger partial charge >= 0.3 is 0 Å². The number of aryl methyl sites for hydroxylation is 1. The van der Waals surface area contributed by atoms with Gasteiger partial charge in [-0.1, -0.05) is 6.92 Å². The Kier molecular flexibility index (Phi) is 2.81. The Morgan fingerprint density at radius 2 is 2.25 bits per heavy atom. The van der Waals surface area contributed by atoms with E-state index in [4.69, 9.17) is 4.74 Å². The van der Waals surface area contributed by atoms with Crippen LogP contribution in [0.1, 0.15) is 12.7 Å². The van der Waals surface area contributed by atoms with Gasteiger partial charge in [-0.3, -0.25) is 0 Å². The summed E-state index contributed by atoms with van der Waals surface area (Å²) in [5.74, 6) is 1.54. The van der Waals surface area contributed by atoms with Gasteiger partial charge in [0.25, 0.3) is 0 Å². The Hall–Kier alpha value is -1.97. The number of rotatable bonds is 3. The number of methoxy groups -OCH3 is 1. The van der Waals surface area contributed by atoms with Crippen molar-refractivity contribution in [3.05, 3.63) is 30.2 Å². The standard InChI is InChI=1S/C12H14N2O2/c1-3-12-13-7-9(14-12)8-4-5-11(16-2)10(15)6-8/h4-7,15H,3H2,1-2H3,(H,13,14).